The fourth-order valence-electron chi connectivity index (χ4n) is 2.04. The number of carbonyl (C=O) groups is 1. The number of nitrogens with zero attached hydrogens (tertiary/aromatic N) is 1. The molecule has 0 aliphatic rings. The Kier molecular flexibility index (Phi) is 6.49. The molecule has 2 N–H and O–H groups in total. The number of benzene rings is 1. The molecule has 0 amide bonds. The van der Waals surface area contributed by atoms with Crippen LogP contribution in [0.5, 0.6) is 5.75 Å². The van der Waals surface area contributed by atoms with Gasteiger partial charge in [0.15, 0.2) is 0 Å². The van der Waals surface area contributed by atoms with Gasteiger partial charge in [-0.05, 0) is 38.4 Å². The van der Waals surface area contributed by atoms with E-state index in [2.05, 4.69) is 5.32 Å². The summed E-state index contributed by atoms with van der Waals surface area (Å²) in [7, 11) is 3.59. The largest absolute Gasteiger partial charge is 0.497 e. The summed E-state index contributed by atoms with van der Waals surface area (Å²) in [4.78, 5) is 13.5. The molecule has 0 spiro atoms. The van der Waals surface area contributed by atoms with Gasteiger partial charge in [-0.25, -0.2) is 0 Å². The minimum Gasteiger partial charge on any atom is -0.497 e. The number of methoxy groups -OCH3 is 1. The Morgan fingerprint density at radius 1 is 1.48 bits per heavy atom. The van der Waals surface area contributed by atoms with Crippen molar-refractivity contribution in [2.24, 2.45) is 0 Å². The van der Waals surface area contributed by atoms with Crippen molar-refractivity contribution in [1.29, 1.82) is 0 Å². The average Bonchev–Trinajstić information content (AvgIpc) is 2.50. The van der Waals surface area contributed by atoms with Gasteiger partial charge in [-0.2, -0.15) is 0 Å². The molecule has 0 heterocycles. The summed E-state index contributed by atoms with van der Waals surface area (Å²) < 4.78 is 5.21. The van der Waals surface area contributed by atoms with E-state index in [4.69, 9.17) is 4.74 Å². The lowest BCUT2D eigenvalue weighted by Gasteiger charge is -2.29. The first kappa shape index (κ1) is 17.3. The van der Waals surface area contributed by atoms with Crippen molar-refractivity contribution in [3.63, 3.8) is 0 Å². The van der Waals surface area contributed by atoms with Crippen LogP contribution in [0.3, 0.4) is 0 Å². The fourth-order valence-corrected chi connectivity index (χ4v) is 2.04. The third-order valence-corrected chi connectivity index (χ3v) is 3.68. The fraction of sp³-hybridized carbons (Fsp3) is 0.562. The SMILES string of the molecule is CCCNC(C)(CCN(C)c1cccc(OC)c1)C(=O)O. The maximum absolute atomic E-state index is 11.5. The Hall–Kier alpha value is -1.75. The van der Waals surface area contributed by atoms with Gasteiger partial charge in [0, 0.05) is 25.3 Å². The molecular weight excluding hydrogens is 268 g/mol. The number of nitrogens with one attached hydrogen (secondary N) is 1. The lowest BCUT2D eigenvalue weighted by atomic mass is 9.97. The maximum Gasteiger partial charge on any atom is 0.323 e. The molecule has 0 radical (unpaired) electrons. The van der Waals surface area contributed by atoms with Gasteiger partial charge in [0.25, 0.3) is 0 Å². The zero-order valence-corrected chi connectivity index (χ0v) is 13.3. The van der Waals surface area contributed by atoms with Crippen LogP contribution < -0.4 is 15.0 Å². The lowest BCUT2D eigenvalue weighted by molar-refractivity contribution is -0.144. The lowest BCUT2D eigenvalue weighted by Crippen LogP contribution is -2.51. The molecular formula is C16H26N2O3. The molecule has 0 bridgehead atoms. The molecule has 1 unspecified atom stereocenters. The minimum atomic E-state index is -0.900. The first-order valence-corrected chi connectivity index (χ1v) is 7.26. The molecule has 118 valence electrons. The van der Waals surface area contributed by atoms with Gasteiger partial charge in [0.1, 0.15) is 11.3 Å². The summed E-state index contributed by atoms with van der Waals surface area (Å²) in [5, 5.41) is 12.5. The first-order valence-electron chi connectivity index (χ1n) is 7.26. The second-order valence-electron chi connectivity index (χ2n) is 5.44. The smallest absolute Gasteiger partial charge is 0.323 e. The van der Waals surface area contributed by atoms with E-state index in [1.807, 2.05) is 43.1 Å². The summed E-state index contributed by atoms with van der Waals surface area (Å²) in [6.07, 6.45) is 1.44. The Balaban J connectivity index is 2.68. The van der Waals surface area contributed by atoms with Crippen molar-refractivity contribution < 1.29 is 14.6 Å². The number of hydrogen-bond donors (Lipinski definition) is 2. The molecule has 5 heteroatoms. The maximum atomic E-state index is 11.5. The van der Waals surface area contributed by atoms with Gasteiger partial charge in [-0.1, -0.05) is 13.0 Å². The average molecular weight is 294 g/mol. The second kappa shape index (κ2) is 7.88. The second-order valence-corrected chi connectivity index (χ2v) is 5.44. The van der Waals surface area contributed by atoms with E-state index in [9.17, 15) is 9.90 Å². The van der Waals surface area contributed by atoms with E-state index in [1.165, 1.54) is 0 Å². The highest BCUT2D eigenvalue weighted by Gasteiger charge is 2.32. The van der Waals surface area contributed by atoms with E-state index in [0.29, 0.717) is 19.5 Å². The molecule has 0 aliphatic heterocycles. The van der Waals surface area contributed by atoms with Crippen LogP contribution in [0.25, 0.3) is 0 Å². The molecule has 1 aromatic rings. The Morgan fingerprint density at radius 2 is 2.19 bits per heavy atom. The summed E-state index contributed by atoms with van der Waals surface area (Å²) in [6.45, 7) is 5.11. The van der Waals surface area contributed by atoms with Crippen LogP contribution in [0.2, 0.25) is 0 Å². The monoisotopic (exact) mass is 294 g/mol. The molecule has 0 saturated heterocycles. The number of aliphatic carboxylic acids is 1. The first-order chi connectivity index (χ1) is 9.92. The van der Waals surface area contributed by atoms with Crippen LogP contribution >= 0.6 is 0 Å². The Bertz CT molecular complexity index is 465. The molecule has 0 aromatic heterocycles. The van der Waals surface area contributed by atoms with E-state index in [0.717, 1.165) is 17.9 Å². The van der Waals surface area contributed by atoms with E-state index >= 15 is 0 Å². The van der Waals surface area contributed by atoms with E-state index < -0.39 is 11.5 Å². The Labute approximate surface area is 126 Å². The van der Waals surface area contributed by atoms with Crippen molar-refractivity contribution in [3.05, 3.63) is 24.3 Å². The number of anilines is 1. The van der Waals surface area contributed by atoms with Crippen molar-refractivity contribution in [1.82, 2.24) is 5.32 Å². The molecule has 0 saturated carbocycles. The van der Waals surface area contributed by atoms with Crippen LogP contribution in [-0.4, -0.2) is 43.9 Å². The third kappa shape index (κ3) is 4.93. The standard InChI is InChI=1S/C16H26N2O3/c1-5-10-17-16(2,15(19)20)9-11-18(3)13-7-6-8-14(12-13)21-4/h6-8,12,17H,5,9-11H2,1-4H3,(H,19,20). The van der Waals surface area contributed by atoms with Gasteiger partial charge in [0.05, 0.1) is 7.11 Å². The molecule has 1 rings (SSSR count). The van der Waals surface area contributed by atoms with Gasteiger partial charge in [-0.15, -0.1) is 0 Å². The highest BCUT2D eigenvalue weighted by Crippen LogP contribution is 2.21. The summed E-state index contributed by atoms with van der Waals surface area (Å²) in [6, 6.07) is 7.75. The van der Waals surface area contributed by atoms with E-state index in [-0.39, 0.29) is 0 Å². The van der Waals surface area contributed by atoms with Crippen LogP contribution in [0.15, 0.2) is 24.3 Å². The predicted molar refractivity (Wildman–Crippen MR) is 85.2 cm³/mol. The van der Waals surface area contributed by atoms with Crippen LogP contribution in [0, 0.1) is 0 Å². The normalized spacial score (nSPS) is 13.5. The number of ether oxygens (including phenoxy) is 1. The highest BCUT2D eigenvalue weighted by molar-refractivity contribution is 5.78. The molecule has 0 fully saturated rings. The highest BCUT2D eigenvalue weighted by atomic mass is 16.5. The molecule has 1 atom stereocenters. The van der Waals surface area contributed by atoms with Crippen molar-refractivity contribution in [2.75, 3.05) is 32.1 Å². The van der Waals surface area contributed by atoms with Crippen molar-refractivity contribution in [2.45, 2.75) is 32.2 Å². The van der Waals surface area contributed by atoms with Crippen LogP contribution in [-0.2, 0) is 4.79 Å². The summed E-state index contributed by atoms with van der Waals surface area (Å²) >= 11 is 0. The predicted octanol–water partition coefficient (Wildman–Crippen LogP) is 2.36. The number of carboxylic acids is 1. The molecule has 0 aliphatic carbocycles. The zero-order chi connectivity index (χ0) is 15.9. The minimum absolute atomic E-state index is 0.524. The molecule has 5 nitrogen and oxygen atoms in total. The van der Waals surface area contributed by atoms with Crippen LogP contribution in [0.4, 0.5) is 5.69 Å². The van der Waals surface area contributed by atoms with Gasteiger partial charge >= 0.3 is 5.97 Å². The molecule has 1 aromatic carbocycles. The number of rotatable bonds is 9. The van der Waals surface area contributed by atoms with Crippen molar-refractivity contribution >= 4 is 11.7 Å². The third-order valence-electron chi connectivity index (χ3n) is 3.68. The van der Waals surface area contributed by atoms with Gasteiger partial charge < -0.3 is 20.1 Å². The van der Waals surface area contributed by atoms with Gasteiger partial charge in [0.2, 0.25) is 0 Å². The molecule has 21 heavy (non-hydrogen) atoms. The Morgan fingerprint density at radius 3 is 2.76 bits per heavy atom. The summed E-state index contributed by atoms with van der Waals surface area (Å²) in [5.74, 6) is -0.0144. The number of carboxylic acid groups (broad SMARTS) is 1. The quantitative estimate of drug-likeness (QED) is 0.732. The van der Waals surface area contributed by atoms with E-state index in [1.54, 1.807) is 14.0 Å². The summed E-state index contributed by atoms with van der Waals surface area (Å²) in [5.41, 5.74) is 0.112. The van der Waals surface area contributed by atoms with Crippen LogP contribution in [0.1, 0.15) is 26.7 Å². The number of hydrogen-bond acceptors (Lipinski definition) is 4. The van der Waals surface area contributed by atoms with Gasteiger partial charge in [-0.3, -0.25) is 4.79 Å². The zero-order valence-electron chi connectivity index (χ0n) is 13.3. The topological polar surface area (TPSA) is 61.8 Å². The van der Waals surface area contributed by atoms with Crippen molar-refractivity contribution in [3.8, 4) is 5.75 Å².